The van der Waals surface area contributed by atoms with Gasteiger partial charge in [-0.25, -0.2) is 9.07 Å². The van der Waals surface area contributed by atoms with E-state index >= 15 is 0 Å². The van der Waals surface area contributed by atoms with Gasteiger partial charge < -0.3 is 9.42 Å². The molecule has 0 aliphatic carbocycles. The molecular weight excluding hydrogens is 409 g/mol. The van der Waals surface area contributed by atoms with Gasteiger partial charge in [0.25, 0.3) is 0 Å². The summed E-state index contributed by atoms with van der Waals surface area (Å²) in [7, 11) is 0. The summed E-state index contributed by atoms with van der Waals surface area (Å²) in [6.07, 6.45) is 4.76. The molecular formula is C21H21ClFN5O2. The number of carbonyl (C=O) groups is 1. The monoisotopic (exact) mass is 429 g/mol. The highest BCUT2D eigenvalue weighted by atomic mass is 35.5. The molecule has 30 heavy (non-hydrogen) atoms. The zero-order valence-electron chi connectivity index (χ0n) is 16.7. The van der Waals surface area contributed by atoms with Crippen LogP contribution in [0.2, 0.25) is 5.15 Å². The number of benzene rings is 1. The molecule has 0 unspecified atom stereocenters. The number of rotatable bonds is 4. The predicted octanol–water partition coefficient (Wildman–Crippen LogP) is 4.08. The molecule has 0 spiro atoms. The predicted molar refractivity (Wildman–Crippen MR) is 110 cm³/mol. The normalized spacial score (nSPS) is 15.3. The van der Waals surface area contributed by atoms with E-state index in [4.69, 9.17) is 16.1 Å². The molecule has 0 radical (unpaired) electrons. The van der Waals surface area contributed by atoms with Crippen LogP contribution in [0.25, 0.3) is 11.8 Å². The lowest BCUT2D eigenvalue weighted by Gasteiger charge is -2.29. The Kier molecular flexibility index (Phi) is 5.67. The molecule has 0 bridgehead atoms. The molecule has 0 N–H and O–H groups in total. The topological polar surface area (TPSA) is 77.0 Å². The maximum absolute atomic E-state index is 13.2. The molecule has 7 nitrogen and oxygen atoms in total. The molecule has 3 heterocycles. The summed E-state index contributed by atoms with van der Waals surface area (Å²) in [6, 6.07) is 5.89. The number of likely N-dealkylation sites (tertiary alicyclic amines) is 1. The Balaban J connectivity index is 1.43. The summed E-state index contributed by atoms with van der Waals surface area (Å²) >= 11 is 6.47. The second-order valence-corrected chi connectivity index (χ2v) is 7.65. The van der Waals surface area contributed by atoms with Crippen LogP contribution < -0.4 is 0 Å². The van der Waals surface area contributed by atoms with Crippen LogP contribution in [0, 0.1) is 19.7 Å². The summed E-state index contributed by atoms with van der Waals surface area (Å²) in [5, 5.41) is 8.61. The third-order valence-electron chi connectivity index (χ3n) is 5.21. The summed E-state index contributed by atoms with van der Waals surface area (Å²) in [6.45, 7) is 4.85. The SMILES string of the molecule is Cc1noc(C2CCN(C(=O)/C=C/c3c(C)nn(-c4ccc(F)cc4)c3Cl)CC2)n1. The maximum Gasteiger partial charge on any atom is 0.246 e. The lowest BCUT2D eigenvalue weighted by atomic mass is 9.96. The van der Waals surface area contributed by atoms with Gasteiger partial charge in [-0.15, -0.1) is 0 Å². The fraction of sp³-hybridized carbons (Fsp3) is 0.333. The van der Waals surface area contributed by atoms with Gasteiger partial charge in [0, 0.05) is 30.6 Å². The molecule has 3 aromatic rings. The van der Waals surface area contributed by atoms with Gasteiger partial charge in [0.1, 0.15) is 11.0 Å². The molecule has 1 aromatic carbocycles. The van der Waals surface area contributed by atoms with Gasteiger partial charge in [0.05, 0.1) is 11.4 Å². The lowest BCUT2D eigenvalue weighted by molar-refractivity contribution is -0.127. The number of amides is 1. The van der Waals surface area contributed by atoms with Crippen LogP contribution in [0.15, 0.2) is 34.9 Å². The smallest absolute Gasteiger partial charge is 0.246 e. The van der Waals surface area contributed by atoms with Crippen molar-refractivity contribution >= 4 is 23.6 Å². The molecule has 1 aliphatic heterocycles. The number of nitrogens with zero attached hydrogens (tertiary/aromatic N) is 5. The van der Waals surface area contributed by atoms with Crippen LogP contribution in [-0.4, -0.2) is 43.8 Å². The van der Waals surface area contributed by atoms with Gasteiger partial charge in [-0.2, -0.15) is 10.1 Å². The minimum absolute atomic E-state index is 0.0832. The van der Waals surface area contributed by atoms with E-state index in [-0.39, 0.29) is 17.6 Å². The van der Waals surface area contributed by atoms with Crippen molar-refractivity contribution in [3.05, 3.63) is 64.3 Å². The van der Waals surface area contributed by atoms with Crippen molar-refractivity contribution in [2.45, 2.75) is 32.6 Å². The second kappa shape index (κ2) is 8.39. The highest BCUT2D eigenvalue weighted by Crippen LogP contribution is 2.28. The molecule has 0 atom stereocenters. The Hall–Kier alpha value is -3.00. The first kappa shape index (κ1) is 20.3. The number of aromatic nitrogens is 4. The van der Waals surface area contributed by atoms with Gasteiger partial charge in [-0.3, -0.25) is 4.79 Å². The molecule has 2 aromatic heterocycles. The highest BCUT2D eigenvalue weighted by Gasteiger charge is 2.26. The molecule has 1 saturated heterocycles. The van der Waals surface area contributed by atoms with Crippen LogP contribution >= 0.6 is 11.6 Å². The fourth-order valence-corrected chi connectivity index (χ4v) is 3.87. The van der Waals surface area contributed by atoms with Crippen LogP contribution in [0.4, 0.5) is 4.39 Å². The third-order valence-corrected chi connectivity index (χ3v) is 5.57. The van der Waals surface area contributed by atoms with E-state index in [1.165, 1.54) is 22.9 Å². The Morgan fingerprint density at radius 2 is 1.93 bits per heavy atom. The van der Waals surface area contributed by atoms with E-state index in [1.54, 1.807) is 30.0 Å². The van der Waals surface area contributed by atoms with E-state index in [9.17, 15) is 9.18 Å². The van der Waals surface area contributed by atoms with E-state index < -0.39 is 0 Å². The minimum Gasteiger partial charge on any atom is -0.339 e. The Morgan fingerprint density at radius 3 is 2.57 bits per heavy atom. The molecule has 1 amide bonds. The number of carbonyl (C=O) groups excluding carboxylic acids is 1. The van der Waals surface area contributed by atoms with Crippen molar-refractivity contribution in [1.29, 1.82) is 0 Å². The Bertz CT molecular complexity index is 1080. The summed E-state index contributed by atoms with van der Waals surface area (Å²) < 4.78 is 19.9. The first-order valence-corrected chi connectivity index (χ1v) is 10.1. The zero-order valence-corrected chi connectivity index (χ0v) is 17.4. The fourth-order valence-electron chi connectivity index (χ4n) is 3.54. The molecule has 1 aliphatic rings. The molecule has 4 rings (SSSR count). The number of halogens is 2. The van der Waals surface area contributed by atoms with Crippen molar-refractivity contribution in [3.63, 3.8) is 0 Å². The average molecular weight is 430 g/mol. The van der Waals surface area contributed by atoms with Crippen molar-refractivity contribution < 1.29 is 13.7 Å². The van der Waals surface area contributed by atoms with E-state index in [0.29, 0.717) is 46.9 Å². The minimum atomic E-state index is -0.331. The number of hydrogen-bond acceptors (Lipinski definition) is 5. The maximum atomic E-state index is 13.2. The first-order valence-electron chi connectivity index (χ1n) is 9.70. The van der Waals surface area contributed by atoms with Crippen molar-refractivity contribution in [3.8, 4) is 5.69 Å². The van der Waals surface area contributed by atoms with Crippen molar-refractivity contribution in [1.82, 2.24) is 24.8 Å². The highest BCUT2D eigenvalue weighted by molar-refractivity contribution is 6.31. The Labute approximate surface area is 178 Å². The Morgan fingerprint density at radius 1 is 1.23 bits per heavy atom. The third kappa shape index (κ3) is 4.14. The van der Waals surface area contributed by atoms with Gasteiger partial charge in [-0.05, 0) is 57.0 Å². The van der Waals surface area contributed by atoms with Crippen LogP contribution in [0.3, 0.4) is 0 Å². The van der Waals surface area contributed by atoms with Gasteiger partial charge in [0.2, 0.25) is 11.8 Å². The van der Waals surface area contributed by atoms with Crippen molar-refractivity contribution in [2.24, 2.45) is 0 Å². The molecule has 0 saturated carbocycles. The standard InChI is InChI=1S/C21H21ClFN5O2/c1-13-18(20(22)28(25-13)17-5-3-16(23)4-6-17)7-8-19(29)27-11-9-15(10-12-27)21-24-14(2)26-30-21/h3-8,15H,9-12H2,1-2H3/b8-7+. The number of aryl methyl sites for hydroxylation is 2. The van der Waals surface area contributed by atoms with E-state index in [2.05, 4.69) is 15.2 Å². The van der Waals surface area contributed by atoms with Gasteiger partial charge >= 0.3 is 0 Å². The van der Waals surface area contributed by atoms with Crippen LogP contribution in [0.1, 0.15) is 41.7 Å². The summed E-state index contributed by atoms with van der Waals surface area (Å²) in [4.78, 5) is 18.7. The van der Waals surface area contributed by atoms with Gasteiger partial charge in [0.15, 0.2) is 5.82 Å². The quantitative estimate of drug-likeness (QED) is 0.584. The van der Waals surface area contributed by atoms with E-state index in [0.717, 1.165) is 12.8 Å². The first-order chi connectivity index (χ1) is 14.4. The van der Waals surface area contributed by atoms with Crippen LogP contribution in [0.5, 0.6) is 0 Å². The molecule has 156 valence electrons. The molecule has 1 fully saturated rings. The average Bonchev–Trinajstić information content (AvgIpc) is 3.30. The number of piperidine rings is 1. The van der Waals surface area contributed by atoms with Crippen molar-refractivity contribution in [2.75, 3.05) is 13.1 Å². The summed E-state index contributed by atoms with van der Waals surface area (Å²) in [5.74, 6) is 1.04. The van der Waals surface area contributed by atoms with Gasteiger partial charge in [-0.1, -0.05) is 16.8 Å². The summed E-state index contributed by atoms with van der Waals surface area (Å²) in [5.41, 5.74) is 1.98. The molecule has 9 heteroatoms. The van der Waals surface area contributed by atoms with Crippen LogP contribution in [-0.2, 0) is 4.79 Å². The lowest BCUT2D eigenvalue weighted by Crippen LogP contribution is -2.36. The largest absolute Gasteiger partial charge is 0.339 e. The van der Waals surface area contributed by atoms with E-state index in [1.807, 2.05) is 6.92 Å². The second-order valence-electron chi connectivity index (χ2n) is 7.29. The number of hydrogen-bond donors (Lipinski definition) is 0. The zero-order chi connectivity index (χ0) is 21.3.